The van der Waals surface area contributed by atoms with E-state index in [1.54, 1.807) is 4.90 Å². The number of hydrogen-bond acceptors (Lipinski definition) is 4. The number of piperidine rings is 1. The zero-order chi connectivity index (χ0) is 14.8. The lowest BCUT2D eigenvalue weighted by atomic mass is 9.91. The van der Waals surface area contributed by atoms with Crippen molar-refractivity contribution in [3.63, 3.8) is 0 Å². The SMILES string of the molecule is C[C@@H]1CCCN(C(=O)CS(=O)(=O)C2CCCC2)[C@H]1CN. The maximum absolute atomic E-state index is 12.4. The summed E-state index contributed by atoms with van der Waals surface area (Å²) in [6.07, 6.45) is 5.35. The summed E-state index contributed by atoms with van der Waals surface area (Å²) in [6, 6.07) is -0.00460. The number of nitrogens with zero attached hydrogens (tertiary/aromatic N) is 1. The number of nitrogens with two attached hydrogens (primary N) is 1. The number of carbonyl (C=O) groups is 1. The molecule has 2 aliphatic rings. The standard InChI is InChI=1S/C14H26N2O3S/c1-11-5-4-8-16(13(11)9-15)14(17)10-20(18,19)12-6-2-3-7-12/h11-13H,2-10,15H2,1H3/t11-,13+/m1/s1. The predicted molar refractivity (Wildman–Crippen MR) is 79.0 cm³/mol. The molecule has 0 aromatic rings. The molecule has 1 heterocycles. The summed E-state index contributed by atoms with van der Waals surface area (Å²) in [6.45, 7) is 3.14. The van der Waals surface area contributed by atoms with Gasteiger partial charge in [-0.25, -0.2) is 8.42 Å². The highest BCUT2D eigenvalue weighted by molar-refractivity contribution is 7.92. The Kier molecular flexibility index (Phi) is 5.07. The van der Waals surface area contributed by atoms with E-state index in [0.717, 1.165) is 25.7 Å². The van der Waals surface area contributed by atoms with E-state index in [0.29, 0.717) is 31.8 Å². The topological polar surface area (TPSA) is 80.5 Å². The Morgan fingerprint density at radius 2 is 1.85 bits per heavy atom. The highest BCUT2D eigenvalue weighted by Crippen LogP contribution is 2.27. The van der Waals surface area contributed by atoms with Gasteiger partial charge in [-0.2, -0.15) is 0 Å². The van der Waals surface area contributed by atoms with Crippen LogP contribution in [0.2, 0.25) is 0 Å². The van der Waals surface area contributed by atoms with Crippen molar-refractivity contribution < 1.29 is 13.2 Å². The van der Waals surface area contributed by atoms with Gasteiger partial charge in [-0.3, -0.25) is 4.79 Å². The first kappa shape index (κ1) is 15.8. The zero-order valence-electron chi connectivity index (χ0n) is 12.3. The van der Waals surface area contributed by atoms with E-state index >= 15 is 0 Å². The number of rotatable bonds is 4. The zero-order valence-corrected chi connectivity index (χ0v) is 13.1. The second-order valence-corrected chi connectivity index (χ2v) is 8.50. The van der Waals surface area contributed by atoms with Gasteiger partial charge in [0.2, 0.25) is 5.91 Å². The molecule has 2 fully saturated rings. The van der Waals surface area contributed by atoms with Gasteiger partial charge in [0.25, 0.3) is 0 Å². The summed E-state index contributed by atoms with van der Waals surface area (Å²) in [4.78, 5) is 14.1. The van der Waals surface area contributed by atoms with Crippen LogP contribution in [0.4, 0.5) is 0 Å². The molecule has 1 saturated carbocycles. The highest BCUT2D eigenvalue weighted by atomic mass is 32.2. The van der Waals surface area contributed by atoms with E-state index in [1.807, 2.05) is 0 Å². The molecule has 0 radical (unpaired) electrons. The van der Waals surface area contributed by atoms with Crippen LogP contribution in [0.3, 0.4) is 0 Å². The third-order valence-corrected chi connectivity index (χ3v) is 6.95. The van der Waals surface area contributed by atoms with Crippen molar-refractivity contribution in [3.8, 4) is 0 Å². The lowest BCUT2D eigenvalue weighted by Gasteiger charge is -2.39. The molecule has 2 atom stereocenters. The quantitative estimate of drug-likeness (QED) is 0.837. The lowest BCUT2D eigenvalue weighted by Crippen LogP contribution is -2.53. The van der Waals surface area contributed by atoms with Gasteiger partial charge in [-0.15, -0.1) is 0 Å². The van der Waals surface area contributed by atoms with E-state index < -0.39 is 9.84 Å². The van der Waals surface area contributed by atoms with Gasteiger partial charge in [0.15, 0.2) is 9.84 Å². The fraction of sp³-hybridized carbons (Fsp3) is 0.929. The Morgan fingerprint density at radius 1 is 1.20 bits per heavy atom. The van der Waals surface area contributed by atoms with E-state index in [1.165, 1.54) is 0 Å². The minimum Gasteiger partial charge on any atom is -0.337 e. The molecular formula is C14H26N2O3S. The van der Waals surface area contributed by atoms with Crippen molar-refractivity contribution in [1.29, 1.82) is 0 Å². The van der Waals surface area contributed by atoms with Gasteiger partial charge in [0.05, 0.1) is 5.25 Å². The molecule has 0 aromatic heterocycles. The molecule has 116 valence electrons. The molecular weight excluding hydrogens is 276 g/mol. The molecule has 2 N–H and O–H groups in total. The summed E-state index contributed by atoms with van der Waals surface area (Å²) < 4.78 is 24.6. The first-order valence-electron chi connectivity index (χ1n) is 7.67. The summed E-state index contributed by atoms with van der Waals surface area (Å²) in [5.74, 6) is -0.230. The molecule has 20 heavy (non-hydrogen) atoms. The van der Waals surface area contributed by atoms with Crippen LogP contribution in [0, 0.1) is 5.92 Å². The Labute approximate surface area is 121 Å². The molecule has 1 saturated heterocycles. The monoisotopic (exact) mass is 302 g/mol. The molecule has 0 aromatic carbocycles. The summed E-state index contributed by atoms with van der Waals surface area (Å²) in [5, 5.41) is -0.301. The number of amides is 1. The summed E-state index contributed by atoms with van der Waals surface area (Å²) >= 11 is 0. The van der Waals surface area contributed by atoms with E-state index in [9.17, 15) is 13.2 Å². The van der Waals surface area contributed by atoms with Crippen LogP contribution in [0.1, 0.15) is 45.4 Å². The Hall–Kier alpha value is -0.620. The molecule has 1 aliphatic heterocycles. The first-order valence-corrected chi connectivity index (χ1v) is 9.38. The van der Waals surface area contributed by atoms with Crippen LogP contribution in [0.25, 0.3) is 0 Å². The average molecular weight is 302 g/mol. The number of likely N-dealkylation sites (tertiary alicyclic amines) is 1. The third-order valence-electron chi connectivity index (χ3n) is 4.81. The third kappa shape index (κ3) is 3.34. The van der Waals surface area contributed by atoms with Gasteiger partial charge < -0.3 is 10.6 Å². The molecule has 0 unspecified atom stereocenters. The fourth-order valence-corrected chi connectivity index (χ4v) is 5.34. The van der Waals surface area contributed by atoms with E-state index in [4.69, 9.17) is 5.73 Å². The van der Waals surface area contributed by atoms with Gasteiger partial charge in [0, 0.05) is 19.1 Å². The van der Waals surface area contributed by atoms with Gasteiger partial charge >= 0.3 is 0 Å². The van der Waals surface area contributed by atoms with Crippen molar-refractivity contribution in [2.24, 2.45) is 11.7 Å². The number of carbonyl (C=O) groups excluding carboxylic acids is 1. The number of hydrogen-bond donors (Lipinski definition) is 1. The minimum atomic E-state index is -3.29. The van der Waals surface area contributed by atoms with Crippen LogP contribution >= 0.6 is 0 Å². The van der Waals surface area contributed by atoms with Gasteiger partial charge in [0.1, 0.15) is 5.75 Å². The normalized spacial score (nSPS) is 28.8. The molecule has 1 aliphatic carbocycles. The molecule has 2 rings (SSSR count). The molecule has 0 spiro atoms. The molecule has 0 bridgehead atoms. The fourth-order valence-electron chi connectivity index (χ4n) is 3.54. The maximum Gasteiger partial charge on any atom is 0.238 e. The molecule has 6 heteroatoms. The minimum absolute atomic E-state index is 0.00460. The van der Waals surface area contributed by atoms with Crippen LogP contribution in [-0.2, 0) is 14.6 Å². The maximum atomic E-state index is 12.4. The van der Waals surface area contributed by atoms with Crippen molar-refractivity contribution in [2.75, 3.05) is 18.8 Å². The van der Waals surface area contributed by atoms with Gasteiger partial charge in [-0.1, -0.05) is 19.8 Å². The number of sulfone groups is 1. The lowest BCUT2D eigenvalue weighted by molar-refractivity contribution is -0.133. The second kappa shape index (κ2) is 6.43. The highest BCUT2D eigenvalue weighted by Gasteiger charge is 2.36. The van der Waals surface area contributed by atoms with E-state index in [2.05, 4.69) is 6.92 Å². The largest absolute Gasteiger partial charge is 0.337 e. The van der Waals surface area contributed by atoms with Crippen LogP contribution in [0.5, 0.6) is 0 Å². The van der Waals surface area contributed by atoms with Crippen molar-refractivity contribution >= 4 is 15.7 Å². The first-order chi connectivity index (χ1) is 9.45. The van der Waals surface area contributed by atoms with Crippen LogP contribution < -0.4 is 5.73 Å². The predicted octanol–water partition coefficient (Wildman–Crippen LogP) is 0.930. The van der Waals surface area contributed by atoms with Crippen LogP contribution in [0.15, 0.2) is 0 Å². The van der Waals surface area contributed by atoms with Gasteiger partial charge in [-0.05, 0) is 31.6 Å². The van der Waals surface area contributed by atoms with Crippen molar-refractivity contribution in [1.82, 2.24) is 4.90 Å². The van der Waals surface area contributed by atoms with Crippen LogP contribution in [-0.4, -0.2) is 49.4 Å². The Bertz CT molecular complexity index is 443. The van der Waals surface area contributed by atoms with Crippen molar-refractivity contribution in [2.45, 2.75) is 56.7 Å². The summed E-state index contributed by atoms with van der Waals surface area (Å²) in [5.41, 5.74) is 5.76. The second-order valence-electron chi connectivity index (χ2n) is 6.22. The Morgan fingerprint density at radius 3 is 2.45 bits per heavy atom. The van der Waals surface area contributed by atoms with Crippen molar-refractivity contribution in [3.05, 3.63) is 0 Å². The summed E-state index contributed by atoms with van der Waals surface area (Å²) in [7, 11) is -3.29. The van der Waals surface area contributed by atoms with E-state index in [-0.39, 0.29) is 23.0 Å². The smallest absolute Gasteiger partial charge is 0.238 e. The molecule has 5 nitrogen and oxygen atoms in total. The average Bonchev–Trinajstić information content (AvgIpc) is 2.92. The Balaban J connectivity index is 2.03. The molecule has 1 amide bonds.